The van der Waals surface area contributed by atoms with E-state index in [9.17, 15) is 9.59 Å². The van der Waals surface area contributed by atoms with E-state index in [0.717, 1.165) is 29.9 Å². The van der Waals surface area contributed by atoms with Gasteiger partial charge in [-0.3, -0.25) is 9.59 Å². The number of thioether (sulfide) groups is 1. The lowest BCUT2D eigenvalue weighted by molar-refractivity contribution is -0.140. The third kappa shape index (κ3) is 8.23. The summed E-state index contributed by atoms with van der Waals surface area (Å²) in [6.07, 6.45) is 2.40. The molecule has 0 fully saturated rings. The van der Waals surface area contributed by atoms with Crippen LogP contribution in [0.4, 0.5) is 0 Å². The number of carbonyl (C=O) groups is 2. The molecule has 30 heavy (non-hydrogen) atoms. The lowest BCUT2D eigenvalue weighted by Crippen LogP contribution is -2.47. The molecule has 162 valence electrons. The Morgan fingerprint density at radius 2 is 1.73 bits per heavy atom. The van der Waals surface area contributed by atoms with Crippen molar-refractivity contribution < 1.29 is 9.59 Å². The molecule has 2 amide bonds. The summed E-state index contributed by atoms with van der Waals surface area (Å²) in [7, 11) is 0. The minimum atomic E-state index is -0.491. The van der Waals surface area contributed by atoms with Crippen LogP contribution in [-0.4, -0.2) is 35.1 Å². The Balaban J connectivity index is 1.96. The van der Waals surface area contributed by atoms with Crippen LogP contribution in [0.25, 0.3) is 0 Å². The van der Waals surface area contributed by atoms with Crippen LogP contribution in [0, 0.1) is 6.92 Å². The smallest absolute Gasteiger partial charge is 0.242 e. The van der Waals surface area contributed by atoms with Crippen LogP contribution < -0.4 is 5.32 Å². The summed E-state index contributed by atoms with van der Waals surface area (Å²) in [5.41, 5.74) is 3.48. The normalized spacial score (nSPS) is 11.7. The molecule has 0 aliphatic heterocycles. The van der Waals surface area contributed by atoms with E-state index in [4.69, 9.17) is 0 Å². The maximum atomic E-state index is 13.0. The first-order chi connectivity index (χ1) is 14.5. The first kappa shape index (κ1) is 24.0. The molecule has 0 aliphatic carbocycles. The molecule has 2 rings (SSSR count). The maximum Gasteiger partial charge on any atom is 0.242 e. The van der Waals surface area contributed by atoms with Crippen molar-refractivity contribution in [1.29, 1.82) is 0 Å². The van der Waals surface area contributed by atoms with Gasteiger partial charge in [0, 0.05) is 31.0 Å². The molecular weight excluding hydrogens is 392 g/mol. The van der Waals surface area contributed by atoms with Crippen LogP contribution >= 0.6 is 11.8 Å². The Morgan fingerprint density at radius 3 is 2.40 bits per heavy atom. The Hall–Kier alpha value is -2.27. The second kappa shape index (κ2) is 13.1. The third-order valence-electron chi connectivity index (χ3n) is 5.04. The second-order valence-corrected chi connectivity index (χ2v) is 8.72. The van der Waals surface area contributed by atoms with Crippen LogP contribution in [0.1, 0.15) is 49.8 Å². The van der Waals surface area contributed by atoms with Gasteiger partial charge in [0.15, 0.2) is 0 Å². The molecule has 2 aromatic carbocycles. The second-order valence-electron chi connectivity index (χ2n) is 7.62. The number of rotatable bonds is 12. The van der Waals surface area contributed by atoms with E-state index in [1.807, 2.05) is 56.3 Å². The van der Waals surface area contributed by atoms with Gasteiger partial charge in [0.25, 0.3) is 0 Å². The minimum Gasteiger partial charge on any atom is -0.354 e. The molecule has 5 heteroatoms. The molecule has 1 N–H and O–H groups in total. The molecule has 0 spiro atoms. The van der Waals surface area contributed by atoms with Crippen molar-refractivity contribution in [3.63, 3.8) is 0 Å². The van der Waals surface area contributed by atoms with Gasteiger partial charge in [0.1, 0.15) is 6.04 Å². The topological polar surface area (TPSA) is 49.4 Å². The lowest BCUT2D eigenvalue weighted by Gasteiger charge is -2.29. The molecule has 4 nitrogen and oxygen atoms in total. The van der Waals surface area contributed by atoms with E-state index in [-0.39, 0.29) is 11.8 Å². The summed E-state index contributed by atoms with van der Waals surface area (Å²) in [5, 5.41) is 2.96. The van der Waals surface area contributed by atoms with Gasteiger partial charge in [-0.1, -0.05) is 73.5 Å². The summed E-state index contributed by atoms with van der Waals surface area (Å²) in [6.45, 7) is 7.06. The van der Waals surface area contributed by atoms with E-state index in [2.05, 4.69) is 24.4 Å². The highest BCUT2D eigenvalue weighted by Gasteiger charge is 2.25. The number of carbonyl (C=O) groups excluding carboxylic acids is 2. The zero-order chi connectivity index (χ0) is 21.8. The fourth-order valence-electron chi connectivity index (χ4n) is 3.08. The van der Waals surface area contributed by atoms with Crippen LogP contribution in [0.5, 0.6) is 0 Å². The van der Waals surface area contributed by atoms with E-state index in [1.54, 1.807) is 16.7 Å². The van der Waals surface area contributed by atoms with Crippen molar-refractivity contribution in [2.45, 2.75) is 58.4 Å². The zero-order valence-electron chi connectivity index (χ0n) is 18.4. The molecular formula is C25H34N2O2S. The Kier molecular flexibility index (Phi) is 10.5. The lowest BCUT2D eigenvalue weighted by atomic mass is 10.1. The Labute approximate surface area is 185 Å². The molecule has 1 atom stereocenters. The Morgan fingerprint density at radius 1 is 1.03 bits per heavy atom. The molecule has 2 aromatic rings. The van der Waals surface area contributed by atoms with Gasteiger partial charge in [-0.2, -0.15) is 11.8 Å². The van der Waals surface area contributed by atoms with Crippen LogP contribution in [-0.2, 0) is 21.9 Å². The first-order valence-electron chi connectivity index (χ1n) is 10.8. The summed E-state index contributed by atoms with van der Waals surface area (Å²) in [5.74, 6) is 1.57. The average molecular weight is 427 g/mol. The molecule has 0 heterocycles. The van der Waals surface area contributed by atoms with Crippen molar-refractivity contribution in [1.82, 2.24) is 10.2 Å². The van der Waals surface area contributed by atoms with E-state index in [1.165, 1.54) is 11.1 Å². The van der Waals surface area contributed by atoms with E-state index in [0.29, 0.717) is 19.5 Å². The van der Waals surface area contributed by atoms with Gasteiger partial charge in [-0.25, -0.2) is 0 Å². The monoisotopic (exact) mass is 426 g/mol. The van der Waals surface area contributed by atoms with Crippen molar-refractivity contribution >= 4 is 23.6 Å². The van der Waals surface area contributed by atoms with Gasteiger partial charge in [-0.05, 0) is 31.4 Å². The molecule has 0 unspecified atom stereocenters. The predicted octanol–water partition coefficient (Wildman–Crippen LogP) is 4.95. The number of nitrogens with zero attached hydrogens (tertiary/aromatic N) is 1. The van der Waals surface area contributed by atoms with Crippen molar-refractivity contribution in [2.75, 3.05) is 12.3 Å². The molecule has 0 saturated heterocycles. The molecule has 0 radical (unpaired) electrons. The van der Waals surface area contributed by atoms with Crippen molar-refractivity contribution in [2.24, 2.45) is 0 Å². The largest absolute Gasteiger partial charge is 0.354 e. The minimum absolute atomic E-state index is 0.0225. The Bertz CT molecular complexity index is 777. The highest BCUT2D eigenvalue weighted by molar-refractivity contribution is 7.98. The van der Waals surface area contributed by atoms with Gasteiger partial charge in [-0.15, -0.1) is 0 Å². The number of hydrogen-bond donors (Lipinski definition) is 1. The number of hydrogen-bond acceptors (Lipinski definition) is 3. The average Bonchev–Trinajstić information content (AvgIpc) is 2.76. The SMILES string of the molecule is CCCCNC(=O)[C@H](C)N(Cc1ccc(C)cc1)C(=O)CCSCc1ccccc1. The molecule has 0 bridgehead atoms. The third-order valence-corrected chi connectivity index (χ3v) is 6.07. The maximum absolute atomic E-state index is 13.0. The highest BCUT2D eigenvalue weighted by atomic mass is 32.2. The van der Waals surface area contributed by atoms with Crippen LogP contribution in [0.2, 0.25) is 0 Å². The van der Waals surface area contributed by atoms with E-state index < -0.39 is 6.04 Å². The van der Waals surface area contributed by atoms with Gasteiger partial charge < -0.3 is 10.2 Å². The zero-order valence-corrected chi connectivity index (χ0v) is 19.2. The summed E-state index contributed by atoms with van der Waals surface area (Å²) >= 11 is 1.75. The summed E-state index contributed by atoms with van der Waals surface area (Å²) < 4.78 is 0. The number of nitrogens with one attached hydrogen (secondary N) is 1. The number of unbranched alkanes of at least 4 members (excludes halogenated alkanes) is 1. The fourth-order valence-corrected chi connectivity index (χ4v) is 3.97. The molecule has 0 saturated carbocycles. The van der Waals surface area contributed by atoms with Crippen LogP contribution in [0.15, 0.2) is 54.6 Å². The van der Waals surface area contributed by atoms with Gasteiger partial charge in [0.2, 0.25) is 11.8 Å². The summed E-state index contributed by atoms with van der Waals surface area (Å²) in [4.78, 5) is 27.4. The standard InChI is InChI=1S/C25H34N2O2S/c1-4-5-16-26-25(29)21(3)27(18-22-13-11-20(2)12-14-22)24(28)15-17-30-19-23-9-7-6-8-10-23/h6-14,21H,4-5,15-19H2,1-3H3,(H,26,29)/t21-/m0/s1. The fraction of sp³-hybridized carbons (Fsp3) is 0.440. The number of amides is 2. The molecule has 0 aliphatic rings. The molecule has 0 aromatic heterocycles. The summed E-state index contributed by atoms with van der Waals surface area (Å²) in [6, 6.07) is 17.9. The van der Waals surface area contributed by atoms with Crippen molar-refractivity contribution in [3.8, 4) is 0 Å². The first-order valence-corrected chi connectivity index (χ1v) is 11.9. The quantitative estimate of drug-likeness (QED) is 0.489. The van der Waals surface area contributed by atoms with Crippen molar-refractivity contribution in [3.05, 3.63) is 71.3 Å². The van der Waals surface area contributed by atoms with Gasteiger partial charge >= 0.3 is 0 Å². The van der Waals surface area contributed by atoms with Crippen LogP contribution in [0.3, 0.4) is 0 Å². The number of aryl methyl sites for hydroxylation is 1. The van der Waals surface area contributed by atoms with Gasteiger partial charge in [0.05, 0.1) is 0 Å². The van der Waals surface area contributed by atoms with E-state index >= 15 is 0 Å². The predicted molar refractivity (Wildman–Crippen MR) is 126 cm³/mol. The highest BCUT2D eigenvalue weighted by Crippen LogP contribution is 2.16. The number of benzene rings is 2.